The molecule has 1 aromatic heterocycles. The van der Waals surface area contributed by atoms with E-state index in [1.54, 1.807) is 11.3 Å². The summed E-state index contributed by atoms with van der Waals surface area (Å²) in [5.74, 6) is 0. The third-order valence-corrected chi connectivity index (χ3v) is 19.1. The van der Waals surface area contributed by atoms with Gasteiger partial charge in [-0.05, 0) is 0 Å². The quantitative estimate of drug-likeness (QED) is 0.140. The van der Waals surface area contributed by atoms with Gasteiger partial charge in [-0.25, -0.2) is 0 Å². The van der Waals surface area contributed by atoms with Crippen LogP contribution < -0.4 is 15.9 Å². The number of aryl methyl sites for hydroxylation is 1. The Morgan fingerprint density at radius 2 is 1.15 bits per heavy atom. The van der Waals surface area contributed by atoms with Gasteiger partial charge in [0.05, 0.1) is 0 Å². The summed E-state index contributed by atoms with van der Waals surface area (Å²) >= 11 is 10.8. The van der Waals surface area contributed by atoms with Crippen molar-refractivity contribution in [1.82, 2.24) is 4.98 Å². The van der Waals surface area contributed by atoms with E-state index in [-0.39, 0.29) is 0 Å². The predicted molar refractivity (Wildman–Crippen MR) is 160 cm³/mol. The molecule has 1 nitrogen and oxygen atoms in total. The fourth-order valence-electron chi connectivity index (χ4n) is 4.50. The van der Waals surface area contributed by atoms with Crippen molar-refractivity contribution in [2.75, 3.05) is 0 Å². The Bertz CT molecular complexity index is 1300. The molecule has 0 fully saturated rings. The third kappa shape index (κ3) is 4.13. The summed E-state index contributed by atoms with van der Waals surface area (Å²) < 4.78 is -2.89. The van der Waals surface area contributed by atoms with Gasteiger partial charge in [0.25, 0.3) is 0 Å². The van der Waals surface area contributed by atoms with Crippen LogP contribution in [0.25, 0.3) is 10.6 Å². The molecule has 0 atom stereocenters. The molecule has 1 heterocycles. The number of thiazole rings is 1. The van der Waals surface area contributed by atoms with E-state index in [9.17, 15) is 0 Å². The number of rotatable bonds is 6. The molecule has 0 radical (unpaired) electrons. The average molecular weight is 612 g/mol. The molecule has 0 saturated heterocycles. The molecule has 34 heavy (non-hydrogen) atoms. The van der Waals surface area contributed by atoms with Gasteiger partial charge in [-0.2, -0.15) is 0 Å². The molecule has 0 spiro atoms. The normalized spacial score (nSPS) is 12.7. The van der Waals surface area contributed by atoms with Gasteiger partial charge >= 0.3 is 225 Å². The molecular formula is C29H24ClINPS. The van der Waals surface area contributed by atoms with E-state index in [1.807, 2.05) is 12.1 Å². The zero-order valence-electron chi connectivity index (χ0n) is 18.7. The molecule has 0 aliphatic carbocycles. The second-order valence-corrected chi connectivity index (χ2v) is 20.5. The average Bonchev–Trinajstić information content (AvgIpc) is 3.25. The van der Waals surface area contributed by atoms with E-state index in [0.717, 1.165) is 27.4 Å². The molecule has 0 N–H and O–H groups in total. The minimum atomic E-state index is -2.89. The molecule has 0 aliphatic rings. The van der Waals surface area contributed by atoms with Crippen LogP contribution in [0.2, 0.25) is 5.02 Å². The first-order valence-corrected chi connectivity index (χ1v) is 17.5. The summed E-state index contributed by atoms with van der Waals surface area (Å²) in [6.07, 6.45) is 0.918. The molecule has 5 aromatic rings. The first kappa shape index (κ1) is 23.7. The van der Waals surface area contributed by atoms with Gasteiger partial charge in [-0.15, -0.1) is 0 Å². The first-order valence-electron chi connectivity index (χ1n) is 11.1. The number of hydrogen-bond donors (Lipinski definition) is 0. The molecule has 0 bridgehead atoms. The fraction of sp³-hybridized carbons (Fsp3) is 0.0690. The Kier molecular flexibility index (Phi) is 6.65. The summed E-state index contributed by atoms with van der Waals surface area (Å²) in [5.41, 5.74) is 2.21. The van der Waals surface area contributed by atoms with E-state index in [2.05, 4.69) is 132 Å². The zero-order valence-corrected chi connectivity index (χ0v) is 23.4. The second-order valence-electron chi connectivity index (χ2n) is 8.38. The van der Waals surface area contributed by atoms with E-state index < -0.39 is 4.25 Å². The van der Waals surface area contributed by atoms with Gasteiger partial charge in [0.1, 0.15) is 0 Å². The van der Waals surface area contributed by atoms with Crippen molar-refractivity contribution in [1.29, 1.82) is 0 Å². The number of hydrogen-bond acceptors (Lipinski definition) is 2. The van der Waals surface area contributed by atoms with Crippen LogP contribution in [0.4, 0.5) is 0 Å². The van der Waals surface area contributed by atoms with Crippen molar-refractivity contribution in [2.24, 2.45) is 0 Å². The predicted octanol–water partition coefficient (Wildman–Crippen LogP) is 8.15. The fourth-order valence-corrected chi connectivity index (χ4v) is 15.7. The van der Waals surface area contributed by atoms with Crippen molar-refractivity contribution in [3.05, 3.63) is 131 Å². The van der Waals surface area contributed by atoms with Gasteiger partial charge in [0.15, 0.2) is 0 Å². The van der Waals surface area contributed by atoms with E-state index in [1.165, 1.54) is 20.8 Å². The maximum absolute atomic E-state index is 6.13. The molecule has 5 heteroatoms. The van der Waals surface area contributed by atoms with Crippen LogP contribution in [0.3, 0.4) is 0 Å². The topological polar surface area (TPSA) is 12.9 Å². The number of nitrogens with zero attached hydrogens (tertiary/aromatic N) is 1. The molecular weight excluding hydrogens is 588 g/mol. The van der Waals surface area contributed by atoms with Crippen molar-refractivity contribution in [2.45, 2.75) is 13.1 Å². The van der Waals surface area contributed by atoms with Crippen LogP contribution in [-0.2, 0) is 6.16 Å². The minimum absolute atomic E-state index is 0.742. The Hall–Kier alpha value is -2.04. The summed E-state index contributed by atoms with van der Waals surface area (Å²) in [4.78, 5) is 6.33. The van der Waals surface area contributed by atoms with E-state index >= 15 is 0 Å². The molecule has 0 amide bonds. The third-order valence-electron chi connectivity index (χ3n) is 6.31. The van der Waals surface area contributed by atoms with Crippen molar-refractivity contribution in [3.8, 4) is 10.6 Å². The molecule has 0 aliphatic heterocycles. The molecule has 170 valence electrons. The number of aromatic nitrogens is 1. The van der Waals surface area contributed by atoms with Crippen LogP contribution in [0.5, 0.6) is 0 Å². The Morgan fingerprint density at radius 1 is 0.706 bits per heavy atom. The van der Waals surface area contributed by atoms with Crippen LogP contribution >= 0.6 is 49.2 Å². The summed E-state index contributed by atoms with van der Waals surface area (Å²) in [6.45, 7) is 2.14. The van der Waals surface area contributed by atoms with Crippen LogP contribution in [-0.4, -0.2) is 4.98 Å². The summed E-state index contributed by atoms with van der Waals surface area (Å²) in [5, 5.41) is 5.93. The van der Waals surface area contributed by atoms with Gasteiger partial charge in [0.2, 0.25) is 0 Å². The van der Waals surface area contributed by atoms with Gasteiger partial charge in [-0.3, -0.25) is 0 Å². The molecule has 5 rings (SSSR count). The van der Waals surface area contributed by atoms with Crippen LogP contribution in [0, 0.1) is 6.92 Å². The standard InChI is InChI=1S/C29H24ClINPS/c1-22-28(34-29(32-22)23-17-19-24(30)20-18-23)21-33(31,25-11-5-2-6-12-25,26-13-7-3-8-14-26)27-15-9-4-10-16-27/h2-20H,21H2,1H3. The Labute approximate surface area is 223 Å². The first-order chi connectivity index (χ1) is 16.5. The van der Waals surface area contributed by atoms with Crippen molar-refractivity contribution in [3.63, 3.8) is 0 Å². The monoisotopic (exact) mass is 611 g/mol. The van der Waals surface area contributed by atoms with E-state index in [0.29, 0.717) is 0 Å². The Balaban J connectivity index is 1.76. The molecule has 4 aromatic carbocycles. The number of halogens is 2. The summed E-state index contributed by atoms with van der Waals surface area (Å²) in [6, 6.07) is 41.1. The SMILES string of the molecule is Cc1nc(-c2ccc(Cl)cc2)sc1CP(I)(c1ccccc1)(c1ccccc1)c1ccccc1. The van der Waals surface area contributed by atoms with Crippen LogP contribution in [0.15, 0.2) is 115 Å². The number of benzene rings is 4. The maximum atomic E-state index is 6.13. The van der Waals surface area contributed by atoms with Crippen molar-refractivity contribution >= 4 is 65.1 Å². The van der Waals surface area contributed by atoms with Gasteiger partial charge < -0.3 is 0 Å². The van der Waals surface area contributed by atoms with Crippen molar-refractivity contribution < 1.29 is 0 Å². The zero-order chi connectivity index (χ0) is 23.6. The summed E-state index contributed by atoms with van der Waals surface area (Å²) in [7, 11) is 0. The van der Waals surface area contributed by atoms with Crippen LogP contribution in [0.1, 0.15) is 10.6 Å². The van der Waals surface area contributed by atoms with Gasteiger partial charge in [-0.1, -0.05) is 0 Å². The molecule has 0 unspecified atom stereocenters. The molecule has 0 saturated carbocycles. The van der Waals surface area contributed by atoms with Gasteiger partial charge in [0, 0.05) is 0 Å². The van der Waals surface area contributed by atoms with E-state index in [4.69, 9.17) is 16.6 Å². The second kappa shape index (κ2) is 9.54. The Morgan fingerprint density at radius 3 is 1.59 bits per heavy atom.